The molecule has 2 N–H and O–H groups in total. The van der Waals surface area contributed by atoms with Crippen LogP contribution in [0.3, 0.4) is 0 Å². The summed E-state index contributed by atoms with van der Waals surface area (Å²) >= 11 is 0. The highest BCUT2D eigenvalue weighted by atomic mass is 16.4. The third-order valence-electron chi connectivity index (χ3n) is 6.80. The number of aromatic amines is 1. The number of hydrogen-bond donors (Lipinski definition) is 2. The summed E-state index contributed by atoms with van der Waals surface area (Å²) in [5.74, 6) is 3.42. The SMILES string of the molecule is CCc1nnc(CNC(=O)c2cnc(C34CC5CC(CC(C5)C3)C4)[nH]c2=O)o1. The van der Waals surface area contributed by atoms with Crippen LogP contribution < -0.4 is 10.9 Å². The van der Waals surface area contributed by atoms with Gasteiger partial charge in [-0.05, 0) is 56.3 Å². The lowest BCUT2D eigenvalue weighted by atomic mass is 9.49. The second-order valence-corrected chi connectivity index (χ2v) is 8.80. The van der Waals surface area contributed by atoms with E-state index in [4.69, 9.17) is 4.42 Å². The first kappa shape index (κ1) is 17.6. The molecule has 6 rings (SSSR count). The molecule has 1 amide bonds. The number of carbonyl (C=O) groups excluding carboxylic acids is 1. The van der Waals surface area contributed by atoms with Crippen molar-refractivity contribution in [3.05, 3.63) is 39.7 Å². The lowest BCUT2D eigenvalue weighted by Crippen LogP contribution is -2.50. The second-order valence-electron chi connectivity index (χ2n) is 8.80. The summed E-state index contributed by atoms with van der Waals surface area (Å²) in [4.78, 5) is 32.5. The van der Waals surface area contributed by atoms with Gasteiger partial charge in [0.15, 0.2) is 0 Å². The molecule has 0 atom stereocenters. The van der Waals surface area contributed by atoms with Crippen molar-refractivity contribution in [1.82, 2.24) is 25.5 Å². The van der Waals surface area contributed by atoms with Gasteiger partial charge in [-0.1, -0.05) is 6.92 Å². The molecular formula is C20H25N5O3. The van der Waals surface area contributed by atoms with Crippen LogP contribution in [0.4, 0.5) is 0 Å². The molecule has 4 aliphatic carbocycles. The van der Waals surface area contributed by atoms with E-state index >= 15 is 0 Å². The van der Waals surface area contributed by atoms with Crippen molar-refractivity contribution in [2.45, 2.75) is 63.8 Å². The highest BCUT2D eigenvalue weighted by Crippen LogP contribution is 2.59. The van der Waals surface area contributed by atoms with Gasteiger partial charge in [-0.3, -0.25) is 9.59 Å². The summed E-state index contributed by atoms with van der Waals surface area (Å²) in [6.07, 6.45) is 9.40. The van der Waals surface area contributed by atoms with Crippen molar-refractivity contribution in [2.24, 2.45) is 17.8 Å². The van der Waals surface area contributed by atoms with Gasteiger partial charge in [0.2, 0.25) is 11.8 Å². The van der Waals surface area contributed by atoms with Crippen molar-refractivity contribution in [1.29, 1.82) is 0 Å². The largest absolute Gasteiger partial charge is 0.423 e. The molecule has 0 spiro atoms. The van der Waals surface area contributed by atoms with E-state index in [1.807, 2.05) is 6.92 Å². The van der Waals surface area contributed by atoms with Crippen LogP contribution in [-0.2, 0) is 18.4 Å². The third-order valence-corrected chi connectivity index (χ3v) is 6.80. The zero-order valence-corrected chi connectivity index (χ0v) is 16.0. The predicted octanol–water partition coefficient (Wildman–Crippen LogP) is 2.11. The molecule has 0 unspecified atom stereocenters. The molecule has 8 heteroatoms. The van der Waals surface area contributed by atoms with E-state index in [1.54, 1.807) is 0 Å². The molecule has 0 saturated heterocycles. The number of nitrogens with zero attached hydrogens (tertiary/aromatic N) is 3. The molecule has 2 aromatic heterocycles. The number of rotatable bonds is 5. The van der Waals surface area contributed by atoms with Crippen molar-refractivity contribution < 1.29 is 9.21 Å². The van der Waals surface area contributed by atoms with Crippen molar-refractivity contribution in [3.8, 4) is 0 Å². The number of nitrogens with one attached hydrogen (secondary N) is 2. The molecular weight excluding hydrogens is 358 g/mol. The number of carbonyl (C=O) groups is 1. The first-order chi connectivity index (χ1) is 13.5. The van der Waals surface area contributed by atoms with Crippen LogP contribution in [0.15, 0.2) is 15.4 Å². The lowest BCUT2D eigenvalue weighted by molar-refractivity contribution is -0.00953. The van der Waals surface area contributed by atoms with E-state index in [0.29, 0.717) is 18.2 Å². The number of aromatic nitrogens is 4. The van der Waals surface area contributed by atoms with Crippen LogP contribution in [0.1, 0.15) is 73.4 Å². The summed E-state index contributed by atoms with van der Waals surface area (Å²) in [5.41, 5.74) is -0.356. The monoisotopic (exact) mass is 383 g/mol. The third kappa shape index (κ3) is 2.95. The van der Waals surface area contributed by atoms with E-state index in [2.05, 4.69) is 25.5 Å². The van der Waals surface area contributed by atoms with Gasteiger partial charge in [0.25, 0.3) is 11.5 Å². The van der Waals surface area contributed by atoms with Crippen LogP contribution in [-0.4, -0.2) is 26.1 Å². The molecule has 0 radical (unpaired) electrons. The molecule has 4 saturated carbocycles. The van der Waals surface area contributed by atoms with Gasteiger partial charge in [0, 0.05) is 18.0 Å². The van der Waals surface area contributed by atoms with Crippen LogP contribution in [0, 0.1) is 17.8 Å². The topological polar surface area (TPSA) is 114 Å². The zero-order valence-electron chi connectivity index (χ0n) is 16.0. The Labute approximate surface area is 162 Å². The molecule has 4 fully saturated rings. The maximum absolute atomic E-state index is 12.6. The standard InChI is InChI=1S/C20H25N5O3/c1-2-15-24-25-16(28-15)10-21-17(26)14-9-22-19(23-18(14)27)20-6-11-3-12(7-20)5-13(4-11)8-20/h9,11-13H,2-8,10H2,1H3,(H,21,26)(H,22,23,27). The van der Waals surface area contributed by atoms with Gasteiger partial charge in [-0.25, -0.2) is 4.98 Å². The Kier molecular flexibility index (Phi) is 4.10. The van der Waals surface area contributed by atoms with E-state index in [-0.39, 0.29) is 23.1 Å². The van der Waals surface area contributed by atoms with Gasteiger partial charge in [-0.2, -0.15) is 0 Å². The Bertz CT molecular complexity index is 927. The van der Waals surface area contributed by atoms with Gasteiger partial charge in [0.1, 0.15) is 11.4 Å². The minimum Gasteiger partial charge on any atom is -0.423 e. The average Bonchev–Trinajstić information content (AvgIpc) is 3.13. The summed E-state index contributed by atoms with van der Waals surface area (Å²) < 4.78 is 5.37. The van der Waals surface area contributed by atoms with Crippen molar-refractivity contribution in [2.75, 3.05) is 0 Å². The van der Waals surface area contributed by atoms with Gasteiger partial charge in [0.05, 0.1) is 6.54 Å². The summed E-state index contributed by atoms with van der Waals surface area (Å²) in [7, 11) is 0. The number of H-pyrrole nitrogens is 1. The summed E-state index contributed by atoms with van der Waals surface area (Å²) in [6, 6.07) is 0. The fraction of sp³-hybridized carbons (Fsp3) is 0.650. The van der Waals surface area contributed by atoms with E-state index in [1.165, 1.54) is 25.5 Å². The minimum atomic E-state index is -0.484. The van der Waals surface area contributed by atoms with E-state index < -0.39 is 5.91 Å². The Morgan fingerprint density at radius 1 is 1.18 bits per heavy atom. The average molecular weight is 383 g/mol. The zero-order chi connectivity index (χ0) is 19.3. The van der Waals surface area contributed by atoms with Crippen LogP contribution in [0.5, 0.6) is 0 Å². The molecule has 2 heterocycles. The highest BCUT2D eigenvalue weighted by molar-refractivity contribution is 5.93. The van der Waals surface area contributed by atoms with Crippen molar-refractivity contribution in [3.63, 3.8) is 0 Å². The van der Waals surface area contributed by atoms with E-state index in [9.17, 15) is 9.59 Å². The first-order valence-corrected chi connectivity index (χ1v) is 10.2. The quantitative estimate of drug-likeness (QED) is 0.817. The predicted molar refractivity (Wildman–Crippen MR) is 99.6 cm³/mol. The Hall–Kier alpha value is -2.51. The van der Waals surface area contributed by atoms with Gasteiger partial charge in [-0.15, -0.1) is 10.2 Å². The molecule has 0 aliphatic heterocycles. The maximum atomic E-state index is 12.6. The fourth-order valence-corrected chi connectivity index (χ4v) is 5.98. The fourth-order valence-electron chi connectivity index (χ4n) is 5.98. The van der Waals surface area contributed by atoms with Crippen molar-refractivity contribution >= 4 is 5.91 Å². The maximum Gasteiger partial charge on any atom is 0.263 e. The molecule has 4 bridgehead atoms. The molecule has 0 aromatic carbocycles. The second kappa shape index (κ2) is 6.53. The van der Waals surface area contributed by atoms with Gasteiger partial charge >= 0.3 is 0 Å². The summed E-state index contributed by atoms with van der Waals surface area (Å²) in [5, 5.41) is 10.4. The number of amides is 1. The molecule has 4 aliphatic rings. The Morgan fingerprint density at radius 3 is 2.39 bits per heavy atom. The normalized spacial score (nSPS) is 30.5. The van der Waals surface area contributed by atoms with Crippen LogP contribution in [0.2, 0.25) is 0 Å². The molecule has 28 heavy (non-hydrogen) atoms. The van der Waals surface area contributed by atoms with Gasteiger partial charge < -0.3 is 14.7 Å². The number of aryl methyl sites for hydroxylation is 1. The van der Waals surface area contributed by atoms with Crippen LogP contribution in [0.25, 0.3) is 0 Å². The smallest absolute Gasteiger partial charge is 0.263 e. The Balaban J connectivity index is 1.32. The van der Waals surface area contributed by atoms with E-state index in [0.717, 1.165) is 42.8 Å². The molecule has 8 nitrogen and oxygen atoms in total. The molecule has 148 valence electrons. The van der Waals surface area contributed by atoms with Crippen LogP contribution >= 0.6 is 0 Å². The number of hydrogen-bond acceptors (Lipinski definition) is 6. The summed E-state index contributed by atoms with van der Waals surface area (Å²) in [6.45, 7) is 1.99. The minimum absolute atomic E-state index is 0.00320. The lowest BCUT2D eigenvalue weighted by Gasteiger charge is -2.56. The first-order valence-electron chi connectivity index (χ1n) is 10.2. The Morgan fingerprint density at radius 2 is 1.82 bits per heavy atom. The highest BCUT2D eigenvalue weighted by Gasteiger charge is 2.52. The molecule has 2 aromatic rings.